The maximum atomic E-state index is 12.2. The second-order valence-electron chi connectivity index (χ2n) is 7.63. The van der Waals surface area contributed by atoms with Crippen LogP contribution in [-0.2, 0) is 19.6 Å². The van der Waals surface area contributed by atoms with E-state index in [0.29, 0.717) is 19.0 Å². The van der Waals surface area contributed by atoms with Gasteiger partial charge in [-0.3, -0.25) is 9.89 Å². The Kier molecular flexibility index (Phi) is 10.6. The molecule has 1 aliphatic heterocycles. The number of guanidine groups is 1. The number of hydrogen-bond donors (Lipinski definition) is 2. The molecule has 1 heterocycles. The zero-order valence-electron chi connectivity index (χ0n) is 18.1. The maximum Gasteiger partial charge on any atom is 0.422 e. The number of ether oxygens (including phenoxy) is 1. The molecule has 1 fully saturated rings. The van der Waals surface area contributed by atoms with E-state index in [0.717, 1.165) is 12.1 Å². The Hall–Kier alpha value is -2.01. The number of benzene rings is 2. The summed E-state index contributed by atoms with van der Waals surface area (Å²) in [6, 6.07) is 15.1. The maximum absolute atomic E-state index is 12.2. The highest BCUT2D eigenvalue weighted by Crippen LogP contribution is 2.19. The molecular weight excluding hydrogens is 532 g/mol. The van der Waals surface area contributed by atoms with Crippen molar-refractivity contribution in [2.45, 2.75) is 38.7 Å². The quantitative estimate of drug-likeness (QED) is 0.278. The van der Waals surface area contributed by atoms with Crippen molar-refractivity contribution in [3.8, 4) is 5.75 Å². The van der Waals surface area contributed by atoms with Crippen molar-refractivity contribution in [1.29, 1.82) is 0 Å². The van der Waals surface area contributed by atoms with Crippen LogP contribution in [0.25, 0.3) is 0 Å². The van der Waals surface area contributed by atoms with Crippen LogP contribution in [0.15, 0.2) is 53.5 Å². The van der Waals surface area contributed by atoms with Gasteiger partial charge in [0.15, 0.2) is 12.6 Å². The Bertz CT molecular complexity index is 836. The van der Waals surface area contributed by atoms with Crippen LogP contribution in [0.2, 0.25) is 0 Å². The second-order valence-corrected chi connectivity index (χ2v) is 7.63. The Morgan fingerprint density at radius 1 is 0.906 bits per heavy atom. The van der Waals surface area contributed by atoms with E-state index in [1.165, 1.54) is 49.2 Å². The van der Waals surface area contributed by atoms with Gasteiger partial charge in [-0.1, -0.05) is 36.4 Å². The Morgan fingerprint density at radius 2 is 1.41 bits per heavy atom. The third kappa shape index (κ3) is 9.23. The lowest BCUT2D eigenvalue weighted by Crippen LogP contribution is -2.36. The lowest BCUT2D eigenvalue weighted by molar-refractivity contribution is -0.153. The monoisotopic (exact) mass is 562 g/mol. The number of hydrogen-bond acceptors (Lipinski definition) is 3. The fourth-order valence-corrected chi connectivity index (χ4v) is 3.42. The van der Waals surface area contributed by atoms with Crippen molar-refractivity contribution in [3.05, 3.63) is 65.2 Å². The molecule has 3 rings (SSSR count). The number of halogens is 4. The average molecular weight is 562 g/mol. The summed E-state index contributed by atoms with van der Waals surface area (Å²) in [5.74, 6) is 0.843. The fraction of sp³-hybridized carbons (Fsp3) is 0.435. The lowest BCUT2D eigenvalue weighted by Gasteiger charge is -2.15. The highest BCUT2D eigenvalue weighted by atomic mass is 127. The zero-order chi connectivity index (χ0) is 22.1. The van der Waals surface area contributed by atoms with E-state index in [1.807, 2.05) is 0 Å². The van der Waals surface area contributed by atoms with Gasteiger partial charge in [0.05, 0.1) is 0 Å². The van der Waals surface area contributed by atoms with Gasteiger partial charge in [0.2, 0.25) is 0 Å². The molecule has 176 valence electrons. The van der Waals surface area contributed by atoms with Crippen LogP contribution in [0.1, 0.15) is 29.5 Å². The molecule has 0 amide bonds. The van der Waals surface area contributed by atoms with E-state index in [9.17, 15) is 13.2 Å². The molecule has 2 aromatic rings. The molecule has 0 unspecified atom stereocenters. The van der Waals surface area contributed by atoms with Gasteiger partial charge in [-0.15, -0.1) is 24.0 Å². The van der Waals surface area contributed by atoms with Gasteiger partial charge in [-0.2, -0.15) is 13.2 Å². The largest absolute Gasteiger partial charge is 0.484 e. The van der Waals surface area contributed by atoms with Crippen LogP contribution in [0, 0.1) is 0 Å². The molecule has 0 atom stereocenters. The van der Waals surface area contributed by atoms with Crippen LogP contribution >= 0.6 is 24.0 Å². The first kappa shape index (κ1) is 26.2. The first-order valence-electron chi connectivity index (χ1n) is 10.4. The number of nitrogens with one attached hydrogen (secondary N) is 2. The number of nitrogens with zero attached hydrogens (tertiary/aromatic N) is 2. The van der Waals surface area contributed by atoms with E-state index in [4.69, 9.17) is 4.74 Å². The third-order valence-corrected chi connectivity index (χ3v) is 5.10. The number of likely N-dealkylation sites (tertiary alicyclic amines) is 1. The first-order chi connectivity index (χ1) is 14.9. The second kappa shape index (κ2) is 12.9. The summed E-state index contributed by atoms with van der Waals surface area (Å²) in [5, 5.41) is 6.48. The van der Waals surface area contributed by atoms with Crippen LogP contribution in [0.4, 0.5) is 13.2 Å². The van der Waals surface area contributed by atoms with Crippen LogP contribution in [0.3, 0.4) is 0 Å². The Labute approximate surface area is 204 Å². The molecule has 1 aliphatic rings. The zero-order valence-corrected chi connectivity index (χ0v) is 20.5. The van der Waals surface area contributed by atoms with Gasteiger partial charge in [0.25, 0.3) is 0 Å². The number of alkyl halides is 3. The first-order valence-corrected chi connectivity index (χ1v) is 10.4. The minimum absolute atomic E-state index is 0. The molecule has 0 aromatic heterocycles. The van der Waals surface area contributed by atoms with Crippen molar-refractivity contribution in [2.75, 3.05) is 26.7 Å². The standard InChI is InChI=1S/C23H29F3N4O.HI/c1-27-22(29-15-19-8-10-21(11-9-19)31-17-23(24,25)26)28-14-18-4-6-20(7-5-18)16-30-12-2-3-13-30;/h4-11H,2-3,12-17H2,1H3,(H2,27,28,29);1H. The molecule has 2 aromatic carbocycles. The van der Waals surface area contributed by atoms with Crippen LogP contribution in [-0.4, -0.2) is 43.8 Å². The van der Waals surface area contributed by atoms with Gasteiger partial charge in [0, 0.05) is 26.7 Å². The van der Waals surface area contributed by atoms with Crippen molar-refractivity contribution < 1.29 is 17.9 Å². The van der Waals surface area contributed by atoms with Gasteiger partial charge in [-0.25, -0.2) is 0 Å². The Balaban J connectivity index is 0.00000363. The van der Waals surface area contributed by atoms with E-state index in [2.05, 4.69) is 44.8 Å². The average Bonchev–Trinajstić information content (AvgIpc) is 3.27. The van der Waals surface area contributed by atoms with E-state index in [1.54, 1.807) is 19.2 Å². The molecule has 0 saturated carbocycles. The summed E-state index contributed by atoms with van der Waals surface area (Å²) in [6.07, 6.45) is -1.75. The van der Waals surface area contributed by atoms with E-state index in [-0.39, 0.29) is 29.7 Å². The van der Waals surface area contributed by atoms with Crippen molar-refractivity contribution in [1.82, 2.24) is 15.5 Å². The smallest absolute Gasteiger partial charge is 0.422 e. The molecule has 9 heteroatoms. The van der Waals surface area contributed by atoms with Gasteiger partial charge in [0.1, 0.15) is 5.75 Å². The predicted octanol–water partition coefficient (Wildman–Crippen LogP) is 4.71. The summed E-state index contributed by atoms with van der Waals surface area (Å²) >= 11 is 0. The normalized spacial score (nSPS) is 14.7. The number of rotatable bonds is 8. The molecule has 0 spiro atoms. The SMILES string of the molecule is CN=C(NCc1ccc(CN2CCCC2)cc1)NCc1ccc(OCC(F)(F)F)cc1.I. The summed E-state index contributed by atoms with van der Waals surface area (Å²) < 4.78 is 41.3. The predicted molar refractivity (Wildman–Crippen MR) is 131 cm³/mol. The lowest BCUT2D eigenvalue weighted by atomic mass is 10.1. The minimum atomic E-state index is -4.34. The number of aliphatic imine (C=N–C) groups is 1. The molecule has 2 N–H and O–H groups in total. The highest BCUT2D eigenvalue weighted by Gasteiger charge is 2.28. The van der Waals surface area contributed by atoms with Crippen molar-refractivity contribution >= 4 is 29.9 Å². The summed E-state index contributed by atoms with van der Waals surface area (Å²) in [7, 11) is 1.70. The highest BCUT2D eigenvalue weighted by molar-refractivity contribution is 14.0. The summed E-state index contributed by atoms with van der Waals surface area (Å²) in [4.78, 5) is 6.70. The van der Waals surface area contributed by atoms with Gasteiger partial charge in [-0.05, 0) is 54.8 Å². The summed E-state index contributed by atoms with van der Waals surface area (Å²) in [5.41, 5.74) is 3.41. The molecule has 0 radical (unpaired) electrons. The van der Waals surface area contributed by atoms with Crippen molar-refractivity contribution in [3.63, 3.8) is 0 Å². The summed E-state index contributed by atoms with van der Waals surface area (Å²) in [6.45, 7) is 3.24. The van der Waals surface area contributed by atoms with E-state index < -0.39 is 12.8 Å². The molecule has 0 aliphatic carbocycles. The third-order valence-electron chi connectivity index (χ3n) is 5.10. The van der Waals surface area contributed by atoms with Gasteiger partial charge < -0.3 is 15.4 Å². The van der Waals surface area contributed by atoms with Crippen LogP contribution in [0.5, 0.6) is 5.75 Å². The molecule has 1 saturated heterocycles. The molecule has 0 bridgehead atoms. The molecule has 32 heavy (non-hydrogen) atoms. The fourth-order valence-electron chi connectivity index (χ4n) is 3.42. The van der Waals surface area contributed by atoms with E-state index >= 15 is 0 Å². The van der Waals surface area contributed by atoms with Gasteiger partial charge >= 0.3 is 6.18 Å². The topological polar surface area (TPSA) is 48.9 Å². The minimum Gasteiger partial charge on any atom is -0.484 e. The molecular formula is C23H30F3IN4O. The van der Waals surface area contributed by atoms with Crippen molar-refractivity contribution in [2.24, 2.45) is 4.99 Å². The molecule has 5 nitrogen and oxygen atoms in total. The Morgan fingerprint density at radius 3 is 1.91 bits per heavy atom. The van der Waals surface area contributed by atoms with Crippen LogP contribution < -0.4 is 15.4 Å².